The van der Waals surface area contributed by atoms with Crippen molar-refractivity contribution in [2.45, 2.75) is 58.3 Å². The van der Waals surface area contributed by atoms with Crippen LogP contribution < -0.4 is 4.74 Å². The predicted molar refractivity (Wildman–Crippen MR) is 115 cm³/mol. The minimum absolute atomic E-state index is 0.0979. The van der Waals surface area contributed by atoms with E-state index in [9.17, 15) is 14.7 Å². The maximum absolute atomic E-state index is 10.8. The highest BCUT2D eigenvalue weighted by molar-refractivity contribution is 5.77. The fourth-order valence-corrected chi connectivity index (χ4v) is 3.24. The van der Waals surface area contributed by atoms with Crippen LogP contribution >= 0.6 is 0 Å². The molecule has 0 fully saturated rings. The van der Waals surface area contributed by atoms with Gasteiger partial charge in [0.25, 0.3) is 0 Å². The molecule has 0 unspecified atom stereocenters. The van der Waals surface area contributed by atoms with Gasteiger partial charge in [-0.1, -0.05) is 25.5 Å². The third kappa shape index (κ3) is 7.43. The van der Waals surface area contributed by atoms with Crippen molar-refractivity contribution >= 4 is 11.9 Å². The molecule has 0 aromatic heterocycles. The molecule has 6 nitrogen and oxygen atoms in total. The first kappa shape index (κ1) is 23.3. The van der Waals surface area contributed by atoms with Crippen LogP contribution in [0.1, 0.15) is 56.6 Å². The zero-order valence-electron chi connectivity index (χ0n) is 17.4. The number of ether oxygens (including phenoxy) is 1. The number of hydrogen-bond acceptors (Lipinski definition) is 4. The van der Waals surface area contributed by atoms with Crippen molar-refractivity contribution in [3.8, 4) is 22.6 Å². The monoisotopic (exact) mass is 414 g/mol. The van der Waals surface area contributed by atoms with Gasteiger partial charge in [-0.15, -0.1) is 0 Å². The molecule has 0 saturated carbocycles. The highest BCUT2D eigenvalue weighted by Crippen LogP contribution is 2.38. The summed E-state index contributed by atoms with van der Waals surface area (Å²) in [5.74, 6) is -0.848. The summed E-state index contributed by atoms with van der Waals surface area (Å²) in [6.45, 7) is 2.66. The molecular formula is C24H30O6. The van der Waals surface area contributed by atoms with E-state index in [1.165, 1.54) is 0 Å². The lowest BCUT2D eigenvalue weighted by molar-refractivity contribution is -0.138. The predicted octanol–water partition coefficient (Wildman–Crippen LogP) is 5.05. The van der Waals surface area contributed by atoms with Crippen molar-refractivity contribution in [1.82, 2.24) is 0 Å². The average Bonchev–Trinajstić information content (AvgIpc) is 2.70. The Bertz CT molecular complexity index is 859. The van der Waals surface area contributed by atoms with E-state index in [1.807, 2.05) is 24.3 Å². The van der Waals surface area contributed by atoms with E-state index in [4.69, 9.17) is 14.9 Å². The Morgan fingerprint density at radius 1 is 0.833 bits per heavy atom. The van der Waals surface area contributed by atoms with Gasteiger partial charge in [-0.3, -0.25) is 9.59 Å². The molecule has 0 aliphatic heterocycles. The van der Waals surface area contributed by atoms with Crippen molar-refractivity contribution in [3.05, 3.63) is 47.5 Å². The number of rotatable bonds is 13. The lowest BCUT2D eigenvalue weighted by Crippen LogP contribution is -2.00. The molecule has 0 atom stereocenters. The van der Waals surface area contributed by atoms with Gasteiger partial charge < -0.3 is 20.1 Å². The first-order valence-electron chi connectivity index (χ1n) is 10.4. The molecule has 0 radical (unpaired) electrons. The van der Waals surface area contributed by atoms with Gasteiger partial charge in [0.05, 0.1) is 6.61 Å². The number of carbonyl (C=O) groups is 2. The summed E-state index contributed by atoms with van der Waals surface area (Å²) in [6.07, 6.45) is 4.40. The van der Waals surface area contributed by atoms with E-state index in [-0.39, 0.29) is 18.6 Å². The third-order valence-electron chi connectivity index (χ3n) is 4.86. The van der Waals surface area contributed by atoms with E-state index in [0.717, 1.165) is 29.5 Å². The van der Waals surface area contributed by atoms with Crippen molar-refractivity contribution in [2.75, 3.05) is 6.61 Å². The Morgan fingerprint density at radius 3 is 1.97 bits per heavy atom. The topological polar surface area (TPSA) is 104 Å². The summed E-state index contributed by atoms with van der Waals surface area (Å²) < 4.78 is 5.95. The number of phenolic OH excluding ortho intramolecular Hbond substituents is 1. The lowest BCUT2D eigenvalue weighted by atomic mass is 9.96. The highest BCUT2D eigenvalue weighted by Gasteiger charge is 2.14. The molecule has 0 aliphatic carbocycles. The molecule has 162 valence electrons. The maximum Gasteiger partial charge on any atom is 0.303 e. The summed E-state index contributed by atoms with van der Waals surface area (Å²) in [5.41, 5.74) is 3.32. The summed E-state index contributed by atoms with van der Waals surface area (Å²) in [7, 11) is 0. The number of unbranched alkanes of at least 4 members (excludes halogenated alkanes) is 1. The Hall–Kier alpha value is -3.02. The van der Waals surface area contributed by atoms with Gasteiger partial charge in [0.15, 0.2) is 0 Å². The number of carboxylic acid groups (broad SMARTS) is 2. The Kier molecular flexibility index (Phi) is 9.19. The number of aryl methyl sites for hydroxylation is 2. The van der Waals surface area contributed by atoms with Crippen LogP contribution in [0.3, 0.4) is 0 Å². The summed E-state index contributed by atoms with van der Waals surface area (Å²) in [4.78, 5) is 21.6. The second kappa shape index (κ2) is 11.9. The van der Waals surface area contributed by atoms with Crippen LogP contribution in [0.5, 0.6) is 11.5 Å². The van der Waals surface area contributed by atoms with Gasteiger partial charge in [0.2, 0.25) is 0 Å². The van der Waals surface area contributed by atoms with Crippen LogP contribution in [-0.4, -0.2) is 33.9 Å². The van der Waals surface area contributed by atoms with Crippen LogP contribution in [0.4, 0.5) is 0 Å². The van der Waals surface area contributed by atoms with Crippen LogP contribution in [0.15, 0.2) is 36.4 Å². The zero-order chi connectivity index (χ0) is 21.9. The van der Waals surface area contributed by atoms with Crippen molar-refractivity contribution in [3.63, 3.8) is 0 Å². The first-order valence-corrected chi connectivity index (χ1v) is 10.4. The third-order valence-corrected chi connectivity index (χ3v) is 4.86. The normalized spacial score (nSPS) is 10.7. The van der Waals surface area contributed by atoms with E-state index < -0.39 is 11.9 Å². The van der Waals surface area contributed by atoms with Crippen molar-refractivity contribution in [1.29, 1.82) is 0 Å². The molecule has 0 heterocycles. The summed E-state index contributed by atoms with van der Waals surface area (Å²) in [5, 5.41) is 28.2. The number of phenols is 1. The van der Waals surface area contributed by atoms with Gasteiger partial charge in [0.1, 0.15) is 11.5 Å². The van der Waals surface area contributed by atoms with Crippen LogP contribution in [-0.2, 0) is 22.4 Å². The second-order valence-corrected chi connectivity index (χ2v) is 7.38. The maximum atomic E-state index is 10.8. The van der Waals surface area contributed by atoms with Gasteiger partial charge in [-0.25, -0.2) is 0 Å². The quantitative estimate of drug-likeness (QED) is 0.396. The minimum Gasteiger partial charge on any atom is -0.507 e. The zero-order valence-corrected chi connectivity index (χ0v) is 17.4. The van der Waals surface area contributed by atoms with E-state index in [0.29, 0.717) is 43.6 Å². The standard InChI is InChI=1S/C24H30O6/c1-2-3-14-30-22-13-11-18(7-5-9-24(28)29)16-20(22)19-15-17(10-12-21(19)25)6-4-8-23(26)27/h10-13,15-16,25H,2-9,14H2,1H3,(H,26,27)(H,28,29). The Labute approximate surface area is 177 Å². The molecule has 2 aromatic rings. The Balaban J connectivity index is 2.32. The van der Waals surface area contributed by atoms with Crippen LogP contribution in [0, 0.1) is 0 Å². The SMILES string of the molecule is CCCCOc1ccc(CCCC(=O)O)cc1-c1cc(CCCC(=O)O)ccc1O. The van der Waals surface area contributed by atoms with E-state index in [1.54, 1.807) is 12.1 Å². The van der Waals surface area contributed by atoms with Gasteiger partial charge in [-0.2, -0.15) is 0 Å². The number of aliphatic carboxylic acids is 2. The molecule has 30 heavy (non-hydrogen) atoms. The Morgan fingerprint density at radius 2 is 1.40 bits per heavy atom. The second-order valence-electron chi connectivity index (χ2n) is 7.38. The molecule has 6 heteroatoms. The highest BCUT2D eigenvalue weighted by atomic mass is 16.5. The molecule has 0 spiro atoms. The van der Waals surface area contributed by atoms with Crippen LogP contribution in [0.25, 0.3) is 11.1 Å². The fraction of sp³-hybridized carbons (Fsp3) is 0.417. The van der Waals surface area contributed by atoms with Crippen molar-refractivity contribution in [2.24, 2.45) is 0 Å². The number of benzene rings is 2. The van der Waals surface area contributed by atoms with Crippen LogP contribution in [0.2, 0.25) is 0 Å². The van der Waals surface area contributed by atoms with E-state index >= 15 is 0 Å². The van der Waals surface area contributed by atoms with Gasteiger partial charge >= 0.3 is 11.9 Å². The largest absolute Gasteiger partial charge is 0.507 e. The lowest BCUT2D eigenvalue weighted by Gasteiger charge is -2.15. The molecule has 3 N–H and O–H groups in total. The summed E-state index contributed by atoms with van der Waals surface area (Å²) >= 11 is 0. The molecule has 2 rings (SSSR count). The summed E-state index contributed by atoms with van der Waals surface area (Å²) in [6, 6.07) is 11.0. The molecule has 2 aromatic carbocycles. The minimum atomic E-state index is -0.824. The number of carboxylic acids is 2. The van der Waals surface area contributed by atoms with Gasteiger partial charge in [-0.05, 0) is 67.5 Å². The number of aromatic hydroxyl groups is 1. The molecule has 0 amide bonds. The fourth-order valence-electron chi connectivity index (χ4n) is 3.24. The molecule has 0 saturated heterocycles. The molecular weight excluding hydrogens is 384 g/mol. The van der Waals surface area contributed by atoms with E-state index in [2.05, 4.69) is 6.92 Å². The molecule has 0 aliphatic rings. The number of hydrogen-bond donors (Lipinski definition) is 3. The average molecular weight is 414 g/mol. The van der Waals surface area contributed by atoms with Crippen molar-refractivity contribution < 1.29 is 29.6 Å². The molecule has 0 bridgehead atoms. The smallest absolute Gasteiger partial charge is 0.303 e. The van der Waals surface area contributed by atoms with Gasteiger partial charge in [0, 0.05) is 24.0 Å². The first-order chi connectivity index (χ1) is 14.4.